The molecule has 33 heavy (non-hydrogen) atoms. The second-order valence-electron chi connectivity index (χ2n) is 9.16. The summed E-state index contributed by atoms with van der Waals surface area (Å²) in [6, 6.07) is 18.6. The number of fused-ring (bicyclic) bond motifs is 3. The van der Waals surface area contributed by atoms with E-state index < -0.39 is 6.10 Å². The highest BCUT2D eigenvalue weighted by Crippen LogP contribution is 2.42. The Hall–Kier alpha value is -3.12. The van der Waals surface area contributed by atoms with E-state index in [2.05, 4.69) is 45.6 Å². The van der Waals surface area contributed by atoms with Crippen LogP contribution in [0.2, 0.25) is 0 Å². The summed E-state index contributed by atoms with van der Waals surface area (Å²) in [6.07, 6.45) is 5.75. The monoisotopic (exact) mass is 444 g/mol. The Morgan fingerprint density at radius 1 is 1.12 bits per heavy atom. The summed E-state index contributed by atoms with van der Waals surface area (Å²) in [5, 5.41) is 11.1. The number of aliphatic hydroxyl groups excluding tert-OH is 1. The van der Waals surface area contributed by atoms with Crippen LogP contribution in [0.25, 0.3) is 11.3 Å². The number of hydrogen-bond donors (Lipinski definition) is 1. The first-order valence-corrected chi connectivity index (χ1v) is 12.0. The summed E-state index contributed by atoms with van der Waals surface area (Å²) in [7, 11) is 0. The van der Waals surface area contributed by atoms with Gasteiger partial charge in [-0.05, 0) is 49.8 Å². The molecule has 0 saturated carbocycles. The zero-order valence-electron chi connectivity index (χ0n) is 19.2. The minimum atomic E-state index is -0.398. The van der Waals surface area contributed by atoms with Gasteiger partial charge in [0, 0.05) is 30.9 Å². The van der Waals surface area contributed by atoms with Gasteiger partial charge >= 0.3 is 0 Å². The first-order valence-electron chi connectivity index (χ1n) is 12.0. The van der Waals surface area contributed by atoms with Crippen molar-refractivity contribution in [1.29, 1.82) is 0 Å². The van der Waals surface area contributed by atoms with Gasteiger partial charge in [0.1, 0.15) is 0 Å². The predicted molar refractivity (Wildman–Crippen MR) is 130 cm³/mol. The van der Waals surface area contributed by atoms with Gasteiger partial charge in [0.25, 0.3) is 0 Å². The van der Waals surface area contributed by atoms with E-state index >= 15 is 0 Å². The molecule has 2 aromatic carbocycles. The van der Waals surface area contributed by atoms with Crippen molar-refractivity contribution >= 4 is 11.6 Å². The molecule has 1 aromatic heterocycles. The highest BCUT2D eigenvalue weighted by Gasteiger charge is 2.34. The van der Waals surface area contributed by atoms with Crippen molar-refractivity contribution in [2.45, 2.75) is 38.3 Å². The van der Waals surface area contributed by atoms with E-state index in [4.69, 9.17) is 0 Å². The van der Waals surface area contributed by atoms with Crippen LogP contribution in [0, 0.1) is 5.92 Å². The van der Waals surface area contributed by atoms with Crippen LogP contribution in [0.5, 0.6) is 0 Å². The van der Waals surface area contributed by atoms with Crippen LogP contribution < -0.4 is 4.90 Å². The van der Waals surface area contributed by atoms with Crippen molar-refractivity contribution in [3.63, 3.8) is 0 Å². The van der Waals surface area contributed by atoms with Crippen molar-refractivity contribution in [3.05, 3.63) is 72.7 Å². The minimum absolute atomic E-state index is 0.123. The number of piperidine rings is 1. The van der Waals surface area contributed by atoms with Crippen LogP contribution >= 0.6 is 0 Å². The third kappa shape index (κ3) is 4.27. The Kier molecular flexibility index (Phi) is 6.18. The lowest BCUT2D eigenvalue weighted by Gasteiger charge is -2.36. The molecule has 0 spiro atoms. The second-order valence-corrected chi connectivity index (χ2v) is 9.16. The number of rotatable bonds is 7. The van der Waals surface area contributed by atoms with Gasteiger partial charge < -0.3 is 19.5 Å². The molecule has 6 nitrogen and oxygen atoms in total. The summed E-state index contributed by atoms with van der Waals surface area (Å²) >= 11 is 0. The first kappa shape index (κ1) is 21.7. The molecule has 5 rings (SSSR count). The maximum absolute atomic E-state index is 13.0. The van der Waals surface area contributed by atoms with Gasteiger partial charge in [0.2, 0.25) is 5.91 Å². The van der Waals surface area contributed by atoms with E-state index in [0.29, 0.717) is 26.1 Å². The number of nitrogens with zero attached hydrogens (tertiary/aromatic N) is 4. The molecular formula is C27H32N4O2. The molecule has 2 unspecified atom stereocenters. The Labute approximate surface area is 195 Å². The summed E-state index contributed by atoms with van der Waals surface area (Å²) < 4.78 is 2.19. The Morgan fingerprint density at radius 3 is 2.61 bits per heavy atom. The fourth-order valence-corrected chi connectivity index (χ4v) is 5.42. The quantitative estimate of drug-likeness (QED) is 0.599. The molecule has 0 radical (unpaired) electrons. The van der Waals surface area contributed by atoms with Gasteiger partial charge in [0.15, 0.2) is 0 Å². The number of benzene rings is 2. The van der Waals surface area contributed by atoms with Crippen LogP contribution in [-0.4, -0.2) is 57.7 Å². The third-order valence-electron chi connectivity index (χ3n) is 7.33. The lowest BCUT2D eigenvalue weighted by molar-refractivity contribution is -0.131. The van der Waals surface area contributed by atoms with Gasteiger partial charge in [-0.25, -0.2) is 4.98 Å². The Balaban J connectivity index is 1.17. The number of carbonyl (C=O) groups is 1. The highest BCUT2D eigenvalue weighted by molar-refractivity contribution is 5.81. The van der Waals surface area contributed by atoms with Crippen LogP contribution in [0.1, 0.15) is 37.8 Å². The Morgan fingerprint density at radius 2 is 1.85 bits per heavy atom. The lowest BCUT2D eigenvalue weighted by atomic mass is 9.86. The zero-order valence-corrected chi connectivity index (χ0v) is 19.2. The number of anilines is 1. The molecule has 1 fully saturated rings. The largest absolute Gasteiger partial charge is 0.393 e. The Bertz CT molecular complexity index is 1090. The van der Waals surface area contributed by atoms with E-state index in [0.717, 1.165) is 30.8 Å². The van der Waals surface area contributed by atoms with Crippen molar-refractivity contribution < 1.29 is 9.90 Å². The zero-order chi connectivity index (χ0) is 22.8. The van der Waals surface area contributed by atoms with Crippen LogP contribution in [-0.2, 0) is 4.79 Å². The summed E-state index contributed by atoms with van der Waals surface area (Å²) in [5.41, 5.74) is 4.69. The SMILES string of the molecule is CCN(CC(=O)N1CCC(C(O)CC2c3ccccc3-c3cncn32)CC1)c1ccccc1. The summed E-state index contributed by atoms with van der Waals surface area (Å²) in [6.45, 7) is 4.70. The molecule has 1 N–H and O–H groups in total. The second kappa shape index (κ2) is 9.40. The van der Waals surface area contributed by atoms with E-state index in [-0.39, 0.29) is 17.9 Å². The number of para-hydroxylation sites is 1. The normalized spacial score (nSPS) is 18.6. The average molecular weight is 445 g/mol. The number of carbonyl (C=O) groups excluding carboxylic acids is 1. The highest BCUT2D eigenvalue weighted by atomic mass is 16.3. The molecule has 3 heterocycles. The number of hydrogen-bond acceptors (Lipinski definition) is 4. The molecule has 2 atom stereocenters. The molecule has 172 valence electrons. The molecule has 1 amide bonds. The molecular weight excluding hydrogens is 412 g/mol. The number of aromatic nitrogens is 2. The van der Waals surface area contributed by atoms with Gasteiger partial charge in [-0.1, -0.05) is 42.5 Å². The van der Waals surface area contributed by atoms with E-state index in [9.17, 15) is 9.90 Å². The van der Waals surface area contributed by atoms with Crippen molar-refractivity contribution in [1.82, 2.24) is 14.5 Å². The number of imidazole rings is 1. The molecule has 1 saturated heterocycles. The number of aliphatic hydroxyl groups is 1. The molecule has 2 aliphatic rings. The minimum Gasteiger partial charge on any atom is -0.393 e. The van der Waals surface area contributed by atoms with Gasteiger partial charge in [-0.3, -0.25) is 4.79 Å². The van der Waals surface area contributed by atoms with E-state index in [1.165, 1.54) is 11.1 Å². The summed E-state index contributed by atoms with van der Waals surface area (Å²) in [5.74, 6) is 0.381. The van der Waals surface area contributed by atoms with Gasteiger partial charge in [-0.15, -0.1) is 0 Å². The summed E-state index contributed by atoms with van der Waals surface area (Å²) in [4.78, 5) is 21.4. The van der Waals surface area contributed by atoms with Crippen molar-refractivity contribution in [3.8, 4) is 11.3 Å². The van der Waals surface area contributed by atoms with Crippen LogP contribution in [0.3, 0.4) is 0 Å². The lowest BCUT2D eigenvalue weighted by Crippen LogP contribution is -2.46. The number of likely N-dealkylation sites (tertiary alicyclic amines) is 1. The van der Waals surface area contributed by atoms with Gasteiger partial charge in [0.05, 0.1) is 36.9 Å². The topological polar surface area (TPSA) is 61.6 Å². The van der Waals surface area contributed by atoms with Crippen molar-refractivity contribution in [2.75, 3.05) is 31.1 Å². The first-order chi connectivity index (χ1) is 16.2. The molecule has 0 bridgehead atoms. The van der Waals surface area contributed by atoms with Crippen molar-refractivity contribution in [2.24, 2.45) is 5.92 Å². The fraction of sp³-hybridized carbons (Fsp3) is 0.407. The smallest absolute Gasteiger partial charge is 0.242 e. The van der Waals surface area contributed by atoms with Gasteiger partial charge in [-0.2, -0.15) is 0 Å². The van der Waals surface area contributed by atoms with Crippen LogP contribution in [0.15, 0.2) is 67.1 Å². The maximum Gasteiger partial charge on any atom is 0.242 e. The average Bonchev–Trinajstić information content (AvgIpc) is 3.45. The fourth-order valence-electron chi connectivity index (χ4n) is 5.42. The number of likely N-dealkylation sites (N-methyl/N-ethyl adjacent to an activating group) is 1. The molecule has 2 aliphatic heterocycles. The van der Waals surface area contributed by atoms with E-state index in [1.54, 1.807) is 0 Å². The molecule has 0 aliphatic carbocycles. The third-order valence-corrected chi connectivity index (χ3v) is 7.33. The number of amides is 1. The predicted octanol–water partition coefficient (Wildman–Crippen LogP) is 3.97. The molecule has 6 heteroatoms. The van der Waals surface area contributed by atoms with Crippen LogP contribution in [0.4, 0.5) is 5.69 Å². The standard InChI is InChI=1S/C27H32N4O2/c1-2-29(21-8-4-3-5-9-21)18-27(33)30-14-12-20(13-15-30)26(32)16-24-22-10-6-7-11-23(22)25-17-28-19-31(24)25/h3-11,17,19-20,24,26,32H,2,12-16,18H2,1H3. The maximum atomic E-state index is 13.0. The molecule has 3 aromatic rings. The van der Waals surface area contributed by atoms with E-state index in [1.807, 2.05) is 47.8 Å².